The lowest BCUT2D eigenvalue weighted by Gasteiger charge is -2.30. The predicted molar refractivity (Wildman–Crippen MR) is 83.6 cm³/mol. The van der Waals surface area contributed by atoms with Gasteiger partial charge in [0.05, 0.1) is 6.10 Å². The number of nitrogens with zero attached hydrogens (tertiary/aromatic N) is 1. The molecule has 20 heavy (non-hydrogen) atoms. The standard InChI is InChI=1S/C17H28N2O/c1-14(17(18)15-8-4-3-5-9-15)12-19(2)13-16-10-6-7-11-20-16/h3-5,8-9,14,16-17H,6-7,10-13,18H2,1-2H3. The number of ether oxygens (including phenoxy) is 1. The molecule has 0 radical (unpaired) electrons. The first kappa shape index (κ1) is 15.5. The van der Waals surface area contributed by atoms with E-state index < -0.39 is 0 Å². The van der Waals surface area contributed by atoms with E-state index in [1.165, 1.54) is 24.8 Å². The van der Waals surface area contributed by atoms with E-state index in [4.69, 9.17) is 10.5 Å². The molecule has 0 bridgehead atoms. The molecule has 1 aromatic carbocycles. The zero-order valence-electron chi connectivity index (χ0n) is 12.8. The van der Waals surface area contributed by atoms with Gasteiger partial charge in [-0.15, -0.1) is 0 Å². The van der Waals surface area contributed by atoms with Gasteiger partial charge in [-0.3, -0.25) is 0 Å². The van der Waals surface area contributed by atoms with E-state index in [1.54, 1.807) is 0 Å². The predicted octanol–water partition coefficient (Wildman–Crippen LogP) is 2.82. The maximum absolute atomic E-state index is 6.36. The van der Waals surface area contributed by atoms with E-state index in [0.29, 0.717) is 12.0 Å². The summed E-state index contributed by atoms with van der Waals surface area (Å²) in [5.74, 6) is 0.436. The van der Waals surface area contributed by atoms with Gasteiger partial charge in [0.15, 0.2) is 0 Å². The first-order chi connectivity index (χ1) is 9.66. The lowest BCUT2D eigenvalue weighted by atomic mass is 9.95. The van der Waals surface area contributed by atoms with Gasteiger partial charge in [0.2, 0.25) is 0 Å². The molecule has 0 aliphatic carbocycles. The van der Waals surface area contributed by atoms with Crippen LogP contribution in [-0.4, -0.2) is 37.7 Å². The summed E-state index contributed by atoms with van der Waals surface area (Å²) in [6.45, 7) is 5.19. The topological polar surface area (TPSA) is 38.5 Å². The Hall–Kier alpha value is -0.900. The summed E-state index contributed by atoms with van der Waals surface area (Å²) in [7, 11) is 2.17. The Bertz CT molecular complexity index is 376. The van der Waals surface area contributed by atoms with Crippen LogP contribution in [0.1, 0.15) is 37.8 Å². The van der Waals surface area contributed by atoms with E-state index in [2.05, 4.69) is 43.1 Å². The minimum Gasteiger partial charge on any atom is -0.377 e. The fourth-order valence-corrected chi connectivity index (χ4v) is 2.98. The first-order valence-electron chi connectivity index (χ1n) is 7.77. The molecule has 1 aliphatic rings. The summed E-state index contributed by atoms with van der Waals surface area (Å²) in [6, 6.07) is 10.5. The van der Waals surface area contributed by atoms with Gasteiger partial charge in [0.25, 0.3) is 0 Å². The second kappa shape index (κ2) is 7.77. The highest BCUT2D eigenvalue weighted by Crippen LogP contribution is 2.20. The molecule has 1 aromatic rings. The molecule has 1 saturated heterocycles. The molecule has 0 saturated carbocycles. The van der Waals surface area contributed by atoms with E-state index in [1.807, 2.05) is 6.07 Å². The van der Waals surface area contributed by atoms with Crippen molar-refractivity contribution in [2.24, 2.45) is 11.7 Å². The van der Waals surface area contributed by atoms with Crippen molar-refractivity contribution >= 4 is 0 Å². The summed E-state index contributed by atoms with van der Waals surface area (Å²) >= 11 is 0. The van der Waals surface area contributed by atoms with Gasteiger partial charge < -0.3 is 15.4 Å². The van der Waals surface area contributed by atoms with Crippen molar-refractivity contribution in [3.05, 3.63) is 35.9 Å². The lowest BCUT2D eigenvalue weighted by Crippen LogP contribution is -2.37. The molecule has 3 atom stereocenters. The molecule has 3 heteroatoms. The molecule has 2 rings (SSSR count). The van der Waals surface area contributed by atoms with Gasteiger partial charge >= 0.3 is 0 Å². The maximum atomic E-state index is 6.36. The molecule has 1 heterocycles. The fraction of sp³-hybridized carbons (Fsp3) is 0.647. The van der Waals surface area contributed by atoms with Crippen LogP contribution < -0.4 is 5.73 Å². The molecule has 1 aliphatic heterocycles. The van der Waals surface area contributed by atoms with Crippen LogP contribution in [0, 0.1) is 5.92 Å². The third-order valence-corrected chi connectivity index (χ3v) is 4.19. The molecular weight excluding hydrogens is 248 g/mol. The SMILES string of the molecule is CC(CN(C)CC1CCCCO1)C(N)c1ccccc1. The normalized spacial score (nSPS) is 22.7. The van der Waals surface area contributed by atoms with Crippen molar-refractivity contribution in [1.82, 2.24) is 4.90 Å². The van der Waals surface area contributed by atoms with Crippen molar-refractivity contribution in [3.8, 4) is 0 Å². The number of rotatable bonds is 6. The summed E-state index contributed by atoms with van der Waals surface area (Å²) in [5.41, 5.74) is 7.59. The summed E-state index contributed by atoms with van der Waals surface area (Å²) in [4.78, 5) is 2.36. The molecule has 0 aromatic heterocycles. The Labute approximate surface area is 123 Å². The first-order valence-corrected chi connectivity index (χ1v) is 7.77. The number of hydrogen-bond acceptors (Lipinski definition) is 3. The number of benzene rings is 1. The average molecular weight is 276 g/mol. The van der Waals surface area contributed by atoms with Crippen LogP contribution in [0.3, 0.4) is 0 Å². The van der Waals surface area contributed by atoms with Gasteiger partial charge in [0.1, 0.15) is 0 Å². The van der Waals surface area contributed by atoms with E-state index in [-0.39, 0.29) is 6.04 Å². The molecule has 1 fully saturated rings. The number of likely N-dealkylation sites (N-methyl/N-ethyl adjacent to an activating group) is 1. The molecule has 3 unspecified atom stereocenters. The third kappa shape index (κ3) is 4.58. The van der Waals surface area contributed by atoms with Gasteiger partial charge in [-0.25, -0.2) is 0 Å². The maximum Gasteiger partial charge on any atom is 0.0701 e. The molecule has 0 amide bonds. The number of hydrogen-bond donors (Lipinski definition) is 1. The van der Waals surface area contributed by atoms with Crippen molar-refractivity contribution in [3.63, 3.8) is 0 Å². The lowest BCUT2D eigenvalue weighted by molar-refractivity contribution is -0.00360. The highest BCUT2D eigenvalue weighted by Gasteiger charge is 2.20. The Morgan fingerprint density at radius 1 is 1.30 bits per heavy atom. The molecule has 3 nitrogen and oxygen atoms in total. The quantitative estimate of drug-likeness (QED) is 0.868. The average Bonchev–Trinajstić information content (AvgIpc) is 2.48. The highest BCUT2D eigenvalue weighted by atomic mass is 16.5. The van der Waals surface area contributed by atoms with Crippen LogP contribution >= 0.6 is 0 Å². The van der Waals surface area contributed by atoms with E-state index in [0.717, 1.165) is 19.7 Å². The van der Waals surface area contributed by atoms with Crippen LogP contribution in [-0.2, 0) is 4.74 Å². The smallest absolute Gasteiger partial charge is 0.0701 e. The Morgan fingerprint density at radius 3 is 2.70 bits per heavy atom. The fourth-order valence-electron chi connectivity index (χ4n) is 2.98. The zero-order chi connectivity index (χ0) is 14.4. The molecule has 2 N–H and O–H groups in total. The highest BCUT2D eigenvalue weighted by molar-refractivity contribution is 5.19. The third-order valence-electron chi connectivity index (χ3n) is 4.19. The van der Waals surface area contributed by atoms with Crippen molar-refractivity contribution in [2.45, 2.75) is 38.3 Å². The Balaban J connectivity index is 1.79. The van der Waals surface area contributed by atoms with Crippen LogP contribution in [0.15, 0.2) is 30.3 Å². The summed E-state index contributed by atoms with van der Waals surface area (Å²) in [6.07, 6.45) is 4.13. The monoisotopic (exact) mass is 276 g/mol. The van der Waals surface area contributed by atoms with Crippen molar-refractivity contribution in [2.75, 3.05) is 26.7 Å². The van der Waals surface area contributed by atoms with E-state index in [9.17, 15) is 0 Å². The second-order valence-electron chi connectivity index (χ2n) is 6.12. The van der Waals surface area contributed by atoms with Crippen LogP contribution in [0.4, 0.5) is 0 Å². The summed E-state index contributed by atoms with van der Waals surface area (Å²) < 4.78 is 5.80. The van der Waals surface area contributed by atoms with Gasteiger partial charge in [-0.05, 0) is 37.8 Å². The van der Waals surface area contributed by atoms with Crippen LogP contribution in [0.25, 0.3) is 0 Å². The minimum absolute atomic E-state index is 0.103. The second-order valence-corrected chi connectivity index (χ2v) is 6.12. The summed E-state index contributed by atoms with van der Waals surface area (Å²) in [5, 5.41) is 0. The van der Waals surface area contributed by atoms with Crippen molar-refractivity contribution < 1.29 is 4.74 Å². The molecule has 0 spiro atoms. The Morgan fingerprint density at radius 2 is 2.05 bits per heavy atom. The van der Waals surface area contributed by atoms with Gasteiger partial charge in [0, 0.05) is 25.7 Å². The van der Waals surface area contributed by atoms with E-state index >= 15 is 0 Å². The molecular formula is C17H28N2O. The molecule has 112 valence electrons. The zero-order valence-corrected chi connectivity index (χ0v) is 12.8. The Kier molecular flexibility index (Phi) is 6.02. The van der Waals surface area contributed by atoms with Crippen LogP contribution in [0.2, 0.25) is 0 Å². The minimum atomic E-state index is 0.103. The largest absolute Gasteiger partial charge is 0.377 e. The van der Waals surface area contributed by atoms with Gasteiger partial charge in [-0.2, -0.15) is 0 Å². The number of nitrogens with two attached hydrogens (primary N) is 1. The van der Waals surface area contributed by atoms with Crippen molar-refractivity contribution in [1.29, 1.82) is 0 Å². The van der Waals surface area contributed by atoms with Crippen LogP contribution in [0.5, 0.6) is 0 Å². The van der Waals surface area contributed by atoms with Gasteiger partial charge in [-0.1, -0.05) is 37.3 Å².